The molecule has 2 nitrogen and oxygen atoms in total. The number of hydrogen-bond donors (Lipinski definition) is 0. The number of nitrogens with zero attached hydrogens (tertiary/aromatic N) is 1. The Morgan fingerprint density at radius 1 is 0.293 bits per heavy atom. The Morgan fingerprint density at radius 2 is 0.845 bits per heavy atom. The van der Waals surface area contributed by atoms with Crippen molar-refractivity contribution in [2.75, 3.05) is 4.90 Å². The molecule has 58 heavy (non-hydrogen) atoms. The van der Waals surface area contributed by atoms with Gasteiger partial charge in [-0.1, -0.05) is 182 Å². The summed E-state index contributed by atoms with van der Waals surface area (Å²) in [4.78, 5) is 2.43. The normalized spacial score (nSPS) is 11.4. The van der Waals surface area contributed by atoms with Gasteiger partial charge in [-0.3, -0.25) is 0 Å². The number of rotatable bonds is 7. The largest absolute Gasteiger partial charge is 0.456 e. The molecule has 0 aliphatic heterocycles. The monoisotopic (exact) mass is 739 g/mol. The van der Waals surface area contributed by atoms with E-state index in [0.717, 1.165) is 50.1 Å². The van der Waals surface area contributed by atoms with Crippen LogP contribution in [0.15, 0.2) is 229 Å². The van der Waals surface area contributed by atoms with Crippen molar-refractivity contribution >= 4 is 60.5 Å². The lowest BCUT2D eigenvalue weighted by atomic mass is 9.90. The van der Waals surface area contributed by atoms with Crippen molar-refractivity contribution in [1.82, 2.24) is 0 Å². The number of anilines is 3. The maximum atomic E-state index is 6.66. The Hall–Kier alpha value is -7.68. The van der Waals surface area contributed by atoms with Gasteiger partial charge in [0.05, 0.1) is 16.8 Å². The predicted octanol–water partition coefficient (Wildman–Crippen LogP) is 16.0. The molecule has 0 spiro atoms. The topological polar surface area (TPSA) is 16.4 Å². The van der Waals surface area contributed by atoms with Gasteiger partial charge in [0.15, 0.2) is 0 Å². The summed E-state index contributed by atoms with van der Waals surface area (Å²) in [5.41, 5.74) is 14.4. The van der Waals surface area contributed by atoms with Gasteiger partial charge in [0.2, 0.25) is 0 Å². The zero-order valence-corrected chi connectivity index (χ0v) is 31.7. The first-order valence-electron chi connectivity index (χ1n) is 19.8. The average molecular weight is 740 g/mol. The quantitative estimate of drug-likeness (QED) is 0.162. The minimum absolute atomic E-state index is 0.859. The lowest BCUT2D eigenvalue weighted by Gasteiger charge is -2.29. The van der Waals surface area contributed by atoms with Gasteiger partial charge in [0, 0.05) is 16.6 Å². The molecule has 272 valence electrons. The van der Waals surface area contributed by atoms with Crippen molar-refractivity contribution in [3.63, 3.8) is 0 Å². The lowest BCUT2D eigenvalue weighted by Crippen LogP contribution is -2.11. The zero-order valence-electron chi connectivity index (χ0n) is 31.7. The molecule has 0 radical (unpaired) electrons. The molecule has 0 bridgehead atoms. The highest BCUT2D eigenvalue weighted by molar-refractivity contribution is 6.23. The Kier molecular flexibility index (Phi) is 8.19. The third-order valence-electron chi connectivity index (χ3n) is 11.5. The molecular weight excluding hydrogens is 703 g/mol. The number of benzene rings is 10. The highest BCUT2D eigenvalue weighted by Crippen LogP contribution is 2.49. The molecule has 0 atom stereocenters. The molecule has 0 amide bonds. The lowest BCUT2D eigenvalue weighted by molar-refractivity contribution is 0.669. The predicted molar refractivity (Wildman–Crippen MR) is 245 cm³/mol. The van der Waals surface area contributed by atoms with E-state index < -0.39 is 0 Å². The molecule has 0 aliphatic carbocycles. The van der Waals surface area contributed by atoms with Crippen LogP contribution in [0.5, 0.6) is 0 Å². The van der Waals surface area contributed by atoms with Crippen molar-refractivity contribution in [2.45, 2.75) is 0 Å². The minimum atomic E-state index is 0.859. The molecule has 0 N–H and O–H groups in total. The molecule has 1 aromatic heterocycles. The van der Waals surface area contributed by atoms with Crippen molar-refractivity contribution in [3.05, 3.63) is 224 Å². The second kappa shape index (κ2) is 14.1. The molecule has 10 aromatic carbocycles. The number of fused-ring (bicyclic) bond motifs is 6. The van der Waals surface area contributed by atoms with E-state index in [1.807, 2.05) is 0 Å². The van der Waals surface area contributed by atoms with E-state index in [4.69, 9.17) is 4.42 Å². The van der Waals surface area contributed by atoms with E-state index in [-0.39, 0.29) is 0 Å². The van der Waals surface area contributed by atoms with Gasteiger partial charge >= 0.3 is 0 Å². The van der Waals surface area contributed by atoms with Crippen LogP contribution < -0.4 is 4.90 Å². The van der Waals surface area contributed by atoms with E-state index in [2.05, 4.69) is 229 Å². The fourth-order valence-corrected chi connectivity index (χ4v) is 8.80. The van der Waals surface area contributed by atoms with Crippen LogP contribution in [-0.2, 0) is 0 Å². The van der Waals surface area contributed by atoms with Gasteiger partial charge in [-0.2, -0.15) is 0 Å². The molecule has 0 aliphatic rings. The van der Waals surface area contributed by atoms with Crippen molar-refractivity contribution in [2.24, 2.45) is 0 Å². The van der Waals surface area contributed by atoms with Gasteiger partial charge in [0.1, 0.15) is 11.2 Å². The summed E-state index contributed by atoms with van der Waals surface area (Å²) in [6.07, 6.45) is 0. The molecule has 1 heterocycles. The van der Waals surface area contributed by atoms with Gasteiger partial charge in [-0.25, -0.2) is 0 Å². The second-order valence-corrected chi connectivity index (χ2v) is 14.8. The molecule has 0 saturated heterocycles. The number of furan rings is 1. The molecular formula is C56H37NO. The van der Waals surface area contributed by atoms with Crippen molar-refractivity contribution in [3.8, 4) is 44.5 Å². The van der Waals surface area contributed by atoms with Crippen LogP contribution in [0, 0.1) is 0 Å². The summed E-state index contributed by atoms with van der Waals surface area (Å²) >= 11 is 0. The van der Waals surface area contributed by atoms with E-state index in [9.17, 15) is 0 Å². The first-order chi connectivity index (χ1) is 28.8. The molecule has 2 heteroatoms. The molecule has 11 aromatic rings. The van der Waals surface area contributed by atoms with Crippen LogP contribution in [0.1, 0.15) is 0 Å². The smallest absolute Gasteiger partial charge is 0.137 e. The summed E-state index contributed by atoms with van der Waals surface area (Å²) in [7, 11) is 0. The Labute approximate surface area is 337 Å². The van der Waals surface area contributed by atoms with E-state index >= 15 is 0 Å². The van der Waals surface area contributed by atoms with Crippen LogP contribution in [0.25, 0.3) is 88.0 Å². The minimum Gasteiger partial charge on any atom is -0.456 e. The van der Waals surface area contributed by atoms with Gasteiger partial charge < -0.3 is 9.32 Å². The van der Waals surface area contributed by atoms with Crippen molar-refractivity contribution < 1.29 is 4.42 Å². The van der Waals surface area contributed by atoms with Gasteiger partial charge in [-0.05, 0) is 103 Å². The molecule has 11 rings (SSSR count). The SMILES string of the molecule is c1ccc(-c2cccc(-c3ccc(N(c4ccccc4-c4cccc5cccc(-c6ccccc6)c45)c4cccc5oc6ccc7ccccc7c6c45)cc3)c2)cc1. The van der Waals surface area contributed by atoms with Crippen LogP contribution >= 0.6 is 0 Å². The fraction of sp³-hybridized carbons (Fsp3) is 0. The molecule has 0 saturated carbocycles. The fourth-order valence-electron chi connectivity index (χ4n) is 8.80. The van der Waals surface area contributed by atoms with E-state index in [1.165, 1.54) is 54.9 Å². The Bertz CT molecular complexity index is 3270. The molecule has 0 unspecified atom stereocenters. The Morgan fingerprint density at radius 3 is 1.64 bits per heavy atom. The third-order valence-corrected chi connectivity index (χ3v) is 11.5. The van der Waals surface area contributed by atoms with Crippen molar-refractivity contribution in [1.29, 1.82) is 0 Å². The summed E-state index contributed by atoms with van der Waals surface area (Å²) in [6, 6.07) is 80.6. The summed E-state index contributed by atoms with van der Waals surface area (Å²) < 4.78 is 6.66. The van der Waals surface area contributed by atoms with Gasteiger partial charge in [-0.15, -0.1) is 0 Å². The standard InChI is InChI=1S/C56H37NO/c1-3-15-38(16-4-1)43-22-11-23-44(37-43)39-31-34-45(35-32-39)57(51-29-14-30-52-56(51)55-47-24-8-7-19-41(47)33-36-53(55)58-52)50-28-10-9-25-48(50)49-27-13-21-42-20-12-26-46(54(42)49)40-17-5-2-6-18-40/h1-37H. The average Bonchev–Trinajstić information content (AvgIpc) is 3.70. The Balaban J connectivity index is 1.16. The second-order valence-electron chi connectivity index (χ2n) is 14.8. The van der Waals surface area contributed by atoms with Crippen LogP contribution in [0.4, 0.5) is 17.1 Å². The van der Waals surface area contributed by atoms with E-state index in [0.29, 0.717) is 0 Å². The van der Waals surface area contributed by atoms with Crippen LogP contribution in [0.2, 0.25) is 0 Å². The first-order valence-corrected chi connectivity index (χ1v) is 19.8. The highest BCUT2D eigenvalue weighted by atomic mass is 16.3. The summed E-state index contributed by atoms with van der Waals surface area (Å²) in [5.74, 6) is 0. The van der Waals surface area contributed by atoms with E-state index in [1.54, 1.807) is 0 Å². The van der Waals surface area contributed by atoms with Crippen LogP contribution in [-0.4, -0.2) is 0 Å². The summed E-state index contributed by atoms with van der Waals surface area (Å²) in [6.45, 7) is 0. The summed E-state index contributed by atoms with van der Waals surface area (Å²) in [5, 5.41) is 7.01. The maximum absolute atomic E-state index is 6.66. The highest BCUT2D eigenvalue weighted by Gasteiger charge is 2.24. The third kappa shape index (κ3) is 5.74. The zero-order chi connectivity index (χ0) is 38.4. The number of para-hydroxylation sites is 1. The van der Waals surface area contributed by atoms with Gasteiger partial charge in [0.25, 0.3) is 0 Å². The maximum Gasteiger partial charge on any atom is 0.137 e. The first kappa shape index (κ1) is 33.6. The number of hydrogen-bond acceptors (Lipinski definition) is 2. The van der Waals surface area contributed by atoms with Crippen LogP contribution in [0.3, 0.4) is 0 Å². The molecule has 0 fully saturated rings.